The van der Waals surface area contributed by atoms with Crippen LogP contribution in [0, 0.1) is 6.92 Å². The Morgan fingerprint density at radius 1 is 1.39 bits per heavy atom. The fourth-order valence-corrected chi connectivity index (χ4v) is 3.39. The van der Waals surface area contributed by atoms with Crippen molar-refractivity contribution in [1.29, 1.82) is 0 Å². The lowest BCUT2D eigenvalue weighted by Crippen LogP contribution is -2.45. The summed E-state index contributed by atoms with van der Waals surface area (Å²) in [4.78, 5) is 11.4. The molecule has 3 heterocycles. The van der Waals surface area contributed by atoms with Crippen LogP contribution in [-0.4, -0.2) is 51.4 Å². The highest BCUT2D eigenvalue weighted by Crippen LogP contribution is 2.25. The van der Waals surface area contributed by atoms with Gasteiger partial charge in [0.25, 0.3) is 0 Å². The number of nitrogens with one attached hydrogen (secondary N) is 2. The molecule has 0 aromatic carbocycles. The lowest BCUT2D eigenvalue weighted by Gasteiger charge is -2.20. The Labute approximate surface area is 171 Å². The van der Waals surface area contributed by atoms with Crippen LogP contribution < -0.4 is 15.5 Å². The van der Waals surface area contributed by atoms with Gasteiger partial charge in [0.2, 0.25) is 0 Å². The van der Waals surface area contributed by atoms with Crippen molar-refractivity contribution in [3.05, 3.63) is 35.0 Å². The summed E-state index contributed by atoms with van der Waals surface area (Å²) < 4.78 is 1.97. The molecule has 0 bridgehead atoms. The first-order valence-electron chi connectivity index (χ1n) is 9.83. The minimum absolute atomic E-state index is 0.284. The fourth-order valence-electron chi connectivity index (χ4n) is 3.15. The zero-order valence-electron chi connectivity index (χ0n) is 16.8. The predicted octanol–water partition coefficient (Wildman–Crippen LogP) is 2.29. The number of pyridine rings is 1. The van der Waals surface area contributed by atoms with Crippen molar-refractivity contribution in [2.45, 2.75) is 45.7 Å². The number of hydrogen-bond acceptors (Lipinski definition) is 5. The Balaban J connectivity index is 1.63. The Hall–Kier alpha value is -2.35. The van der Waals surface area contributed by atoms with Gasteiger partial charge >= 0.3 is 0 Å². The number of anilines is 1. The second-order valence-electron chi connectivity index (χ2n) is 7.05. The molecule has 0 saturated carbocycles. The first-order chi connectivity index (χ1) is 13.6. The minimum atomic E-state index is 0.284. The van der Waals surface area contributed by atoms with Crippen LogP contribution in [0.5, 0.6) is 0 Å². The molecule has 0 amide bonds. The summed E-state index contributed by atoms with van der Waals surface area (Å²) in [6.45, 7) is 7.26. The van der Waals surface area contributed by atoms with E-state index in [0.717, 1.165) is 62.3 Å². The molecule has 8 nitrogen and oxygen atoms in total. The number of rotatable bonds is 7. The second kappa shape index (κ2) is 9.73. The zero-order chi connectivity index (χ0) is 19.9. The molecule has 1 saturated heterocycles. The SMILES string of the molecule is CCCCNC(=NCc1nnc(C)n1C)NC1CCN(c2ncccc2Cl)C1. The molecule has 0 aliphatic carbocycles. The highest BCUT2D eigenvalue weighted by Gasteiger charge is 2.25. The summed E-state index contributed by atoms with van der Waals surface area (Å²) in [5, 5.41) is 16.0. The molecule has 3 rings (SSSR count). The molecule has 1 unspecified atom stereocenters. The van der Waals surface area contributed by atoms with Crippen LogP contribution in [0.3, 0.4) is 0 Å². The summed E-state index contributed by atoms with van der Waals surface area (Å²) in [5.74, 6) is 3.40. The molecule has 0 spiro atoms. The van der Waals surface area contributed by atoms with Crippen molar-refractivity contribution in [3.8, 4) is 0 Å². The number of guanidine groups is 1. The topological polar surface area (TPSA) is 83.3 Å². The third-order valence-corrected chi connectivity index (χ3v) is 5.25. The number of nitrogens with zero attached hydrogens (tertiary/aromatic N) is 6. The van der Waals surface area contributed by atoms with Crippen LogP contribution >= 0.6 is 11.6 Å². The maximum absolute atomic E-state index is 6.30. The number of aryl methyl sites for hydroxylation is 1. The molecular formula is C19H29ClN8. The Morgan fingerprint density at radius 3 is 2.96 bits per heavy atom. The maximum atomic E-state index is 6.30. The normalized spacial score (nSPS) is 17.2. The van der Waals surface area contributed by atoms with Gasteiger partial charge in [-0.3, -0.25) is 0 Å². The Morgan fingerprint density at radius 2 is 2.25 bits per heavy atom. The van der Waals surface area contributed by atoms with Gasteiger partial charge < -0.3 is 20.1 Å². The molecule has 152 valence electrons. The number of aromatic nitrogens is 4. The van der Waals surface area contributed by atoms with Crippen LogP contribution in [0.2, 0.25) is 5.02 Å². The molecule has 2 aromatic rings. The Bertz CT molecular complexity index is 803. The minimum Gasteiger partial charge on any atom is -0.356 e. The Kier molecular flexibility index (Phi) is 7.08. The molecule has 2 aromatic heterocycles. The van der Waals surface area contributed by atoms with Crippen LogP contribution in [0.25, 0.3) is 0 Å². The van der Waals surface area contributed by atoms with Gasteiger partial charge in [0.1, 0.15) is 18.2 Å². The third kappa shape index (κ3) is 5.13. The summed E-state index contributed by atoms with van der Waals surface area (Å²) in [5.41, 5.74) is 0. The van der Waals surface area contributed by atoms with E-state index in [2.05, 4.69) is 37.6 Å². The van der Waals surface area contributed by atoms with Gasteiger partial charge in [-0.2, -0.15) is 0 Å². The maximum Gasteiger partial charge on any atom is 0.191 e. The van der Waals surface area contributed by atoms with Crippen molar-refractivity contribution in [2.75, 3.05) is 24.5 Å². The molecule has 0 radical (unpaired) electrons. The van der Waals surface area contributed by atoms with E-state index in [9.17, 15) is 0 Å². The fraction of sp³-hybridized carbons (Fsp3) is 0.579. The molecular weight excluding hydrogens is 376 g/mol. The number of hydrogen-bond donors (Lipinski definition) is 2. The molecule has 2 N–H and O–H groups in total. The first-order valence-corrected chi connectivity index (χ1v) is 10.2. The molecule has 1 fully saturated rings. The van der Waals surface area contributed by atoms with Crippen molar-refractivity contribution < 1.29 is 0 Å². The smallest absolute Gasteiger partial charge is 0.191 e. The highest BCUT2D eigenvalue weighted by atomic mass is 35.5. The average Bonchev–Trinajstić information content (AvgIpc) is 3.28. The largest absolute Gasteiger partial charge is 0.356 e. The van der Waals surface area contributed by atoms with Crippen LogP contribution in [0.15, 0.2) is 23.3 Å². The van der Waals surface area contributed by atoms with E-state index >= 15 is 0 Å². The van der Waals surface area contributed by atoms with Crippen LogP contribution in [-0.2, 0) is 13.6 Å². The molecule has 9 heteroatoms. The van der Waals surface area contributed by atoms with Gasteiger partial charge in [-0.05, 0) is 31.9 Å². The molecule has 1 atom stereocenters. The monoisotopic (exact) mass is 404 g/mol. The lowest BCUT2D eigenvalue weighted by molar-refractivity contribution is 0.636. The van der Waals surface area contributed by atoms with Gasteiger partial charge in [-0.25, -0.2) is 9.98 Å². The van der Waals surface area contributed by atoms with E-state index < -0.39 is 0 Å². The van der Waals surface area contributed by atoms with E-state index in [-0.39, 0.29) is 6.04 Å². The van der Waals surface area contributed by atoms with Crippen molar-refractivity contribution in [3.63, 3.8) is 0 Å². The van der Waals surface area contributed by atoms with Crippen LogP contribution in [0.1, 0.15) is 37.8 Å². The number of aliphatic imine (C=N–C) groups is 1. The molecule has 1 aliphatic heterocycles. The number of unbranched alkanes of at least 4 members (excludes halogenated alkanes) is 1. The third-order valence-electron chi connectivity index (χ3n) is 4.95. The summed E-state index contributed by atoms with van der Waals surface area (Å²) >= 11 is 6.30. The summed E-state index contributed by atoms with van der Waals surface area (Å²) in [6.07, 6.45) is 5.02. The summed E-state index contributed by atoms with van der Waals surface area (Å²) in [7, 11) is 1.96. The van der Waals surface area contributed by atoms with Gasteiger partial charge in [-0.15, -0.1) is 10.2 Å². The van der Waals surface area contributed by atoms with Gasteiger partial charge in [0.05, 0.1) is 5.02 Å². The standard InChI is InChI=1S/C19H29ClN8/c1-4-5-9-22-19(23-12-17-26-25-14(2)27(17)3)24-15-8-11-28(13-15)18-16(20)7-6-10-21-18/h6-7,10,15H,4-5,8-9,11-13H2,1-3H3,(H2,22,23,24). The van der Waals surface area contributed by atoms with Crippen LogP contribution in [0.4, 0.5) is 5.82 Å². The second-order valence-corrected chi connectivity index (χ2v) is 7.46. The van der Waals surface area contributed by atoms with E-state index in [4.69, 9.17) is 16.6 Å². The van der Waals surface area contributed by atoms with E-state index in [1.54, 1.807) is 6.20 Å². The van der Waals surface area contributed by atoms with E-state index in [0.29, 0.717) is 11.6 Å². The van der Waals surface area contributed by atoms with Gasteiger partial charge in [-0.1, -0.05) is 24.9 Å². The quantitative estimate of drug-likeness (QED) is 0.418. The first kappa shape index (κ1) is 20.4. The zero-order valence-corrected chi connectivity index (χ0v) is 17.6. The van der Waals surface area contributed by atoms with E-state index in [1.165, 1.54) is 0 Å². The molecule has 1 aliphatic rings. The highest BCUT2D eigenvalue weighted by molar-refractivity contribution is 6.32. The molecule has 28 heavy (non-hydrogen) atoms. The van der Waals surface area contributed by atoms with E-state index in [1.807, 2.05) is 30.7 Å². The average molecular weight is 405 g/mol. The number of halogens is 1. The van der Waals surface area contributed by atoms with Crippen molar-refractivity contribution in [2.24, 2.45) is 12.0 Å². The van der Waals surface area contributed by atoms with Crippen molar-refractivity contribution >= 4 is 23.4 Å². The predicted molar refractivity (Wildman–Crippen MR) is 113 cm³/mol. The van der Waals surface area contributed by atoms with Gasteiger partial charge in [0.15, 0.2) is 11.8 Å². The summed E-state index contributed by atoms with van der Waals surface area (Å²) in [6, 6.07) is 4.02. The van der Waals surface area contributed by atoms with Crippen molar-refractivity contribution in [1.82, 2.24) is 30.4 Å². The lowest BCUT2D eigenvalue weighted by atomic mass is 10.3. The van der Waals surface area contributed by atoms with Gasteiger partial charge in [0, 0.05) is 38.9 Å².